The third-order valence-corrected chi connectivity index (χ3v) is 9.05. The Hall–Kier alpha value is -3.46. The molecule has 38 heavy (non-hydrogen) atoms. The molecule has 0 saturated heterocycles. The largest absolute Gasteiger partial charge is 0.271 e. The number of hydrogen-bond acceptors (Lipinski definition) is 2. The molecule has 1 atom stereocenters. The van der Waals surface area contributed by atoms with Crippen molar-refractivity contribution < 1.29 is 0 Å². The molecule has 0 N–H and O–H groups in total. The fraction of sp³-hybridized carbons (Fsp3) is 0.371. The molecule has 0 aliphatic carbocycles. The predicted octanol–water partition coefficient (Wildman–Crippen LogP) is 8.84. The van der Waals surface area contributed by atoms with Crippen LogP contribution in [0, 0.1) is 0 Å². The van der Waals surface area contributed by atoms with Crippen molar-refractivity contribution in [3.8, 4) is 0 Å². The highest BCUT2D eigenvalue weighted by Crippen LogP contribution is 2.53. The quantitative estimate of drug-likeness (QED) is 0.227. The molecule has 1 aromatic heterocycles. The molecule has 0 fully saturated rings. The van der Waals surface area contributed by atoms with Gasteiger partial charge in [0.05, 0.1) is 10.8 Å². The summed E-state index contributed by atoms with van der Waals surface area (Å²) in [6.07, 6.45) is 1.73. The van der Waals surface area contributed by atoms with Gasteiger partial charge in [-0.1, -0.05) is 79.2 Å². The normalized spacial score (nSPS) is 14.6. The Morgan fingerprint density at radius 2 is 1.05 bits per heavy atom. The first-order valence-electron chi connectivity index (χ1n) is 14.0. The molecule has 0 saturated carbocycles. The lowest BCUT2D eigenvalue weighted by molar-refractivity contribution is 0.483. The maximum atomic E-state index is 14.2. The molecule has 3 heteroatoms. The van der Waals surface area contributed by atoms with Crippen molar-refractivity contribution >= 4 is 64.6 Å². The summed E-state index contributed by atoms with van der Waals surface area (Å²) in [7, 11) is 0. The molecule has 0 aliphatic rings. The fourth-order valence-corrected chi connectivity index (χ4v) is 7.39. The van der Waals surface area contributed by atoms with Gasteiger partial charge in [0.25, 0.3) is 11.1 Å². The molecule has 6 aromatic carbocycles. The van der Waals surface area contributed by atoms with E-state index in [1.807, 2.05) is 6.92 Å². The Morgan fingerprint density at radius 3 is 1.45 bits per heavy atom. The molecule has 1 unspecified atom stereocenters. The number of fused-ring (bicyclic) bond motifs is 3. The second kappa shape index (κ2) is 7.14. The van der Waals surface area contributed by atoms with Gasteiger partial charge in [-0.05, 0) is 101 Å². The molecule has 3 nitrogen and oxygen atoms in total. The van der Waals surface area contributed by atoms with Crippen LogP contribution in [0.15, 0.2) is 46.0 Å². The summed E-state index contributed by atoms with van der Waals surface area (Å²) in [4.78, 5) is 28.4. The Morgan fingerprint density at radius 1 is 0.632 bits per heavy atom. The molecular weight excluding hydrogens is 466 g/mol. The van der Waals surface area contributed by atoms with Gasteiger partial charge in [0.15, 0.2) is 0 Å². The molecule has 0 amide bonds. The maximum Gasteiger partial charge on any atom is 0.262 e. The Balaban J connectivity index is 1.90. The molecule has 1 heterocycles. The molecule has 7 aromatic rings. The summed E-state index contributed by atoms with van der Waals surface area (Å²) in [6, 6.07) is 13.4. The lowest BCUT2D eigenvalue weighted by atomic mass is 9.80. The van der Waals surface area contributed by atoms with Crippen LogP contribution in [0.2, 0.25) is 0 Å². The Labute approximate surface area is 222 Å². The molecule has 192 valence electrons. The van der Waals surface area contributed by atoms with E-state index in [1.165, 1.54) is 43.4 Å². The van der Waals surface area contributed by atoms with Crippen molar-refractivity contribution in [1.29, 1.82) is 0 Å². The van der Waals surface area contributed by atoms with Gasteiger partial charge in [-0.3, -0.25) is 14.2 Å². The smallest absolute Gasteiger partial charge is 0.262 e. The van der Waals surface area contributed by atoms with E-state index < -0.39 is 0 Å². The minimum atomic E-state index is -0.132. The Bertz CT molecular complexity index is 2010. The summed E-state index contributed by atoms with van der Waals surface area (Å²) in [5.41, 5.74) is 1.95. The average molecular weight is 502 g/mol. The molecule has 0 radical (unpaired) electrons. The van der Waals surface area contributed by atoms with Gasteiger partial charge < -0.3 is 0 Å². The van der Waals surface area contributed by atoms with Crippen molar-refractivity contribution in [2.24, 2.45) is 0 Å². The summed E-state index contributed by atoms with van der Waals surface area (Å²) in [5.74, 6) is 0. The van der Waals surface area contributed by atoms with Crippen LogP contribution in [0.25, 0.3) is 64.6 Å². The molecular formula is C35H35NO2. The number of hydrogen-bond donors (Lipinski definition) is 0. The van der Waals surface area contributed by atoms with Gasteiger partial charge in [0, 0.05) is 6.04 Å². The van der Waals surface area contributed by atoms with Crippen LogP contribution < -0.4 is 11.1 Å². The SMILES string of the molecule is CCCC(C)n1c(=O)c2c3cc(C(C)(C)C)c4ccc5ccc6c(C(C)(C)C)cc(c2c1=O)c1c6c5c4c31. The minimum Gasteiger partial charge on any atom is -0.271 e. The first-order valence-corrected chi connectivity index (χ1v) is 14.0. The van der Waals surface area contributed by atoms with Crippen molar-refractivity contribution in [2.45, 2.75) is 85.1 Å². The van der Waals surface area contributed by atoms with Crippen LogP contribution in [0.5, 0.6) is 0 Å². The molecule has 0 spiro atoms. The van der Waals surface area contributed by atoms with Gasteiger partial charge in [-0.25, -0.2) is 0 Å². The van der Waals surface area contributed by atoms with Crippen molar-refractivity contribution in [3.63, 3.8) is 0 Å². The minimum absolute atomic E-state index is 0.121. The van der Waals surface area contributed by atoms with E-state index in [9.17, 15) is 9.59 Å². The lowest BCUT2D eigenvalue weighted by Crippen LogP contribution is -2.28. The maximum absolute atomic E-state index is 14.2. The zero-order valence-electron chi connectivity index (χ0n) is 23.7. The first kappa shape index (κ1) is 23.6. The average Bonchev–Trinajstić information content (AvgIpc) is 3.33. The van der Waals surface area contributed by atoms with Crippen LogP contribution >= 0.6 is 0 Å². The van der Waals surface area contributed by atoms with Gasteiger partial charge in [0.1, 0.15) is 0 Å². The van der Waals surface area contributed by atoms with Crippen LogP contribution in [-0.4, -0.2) is 4.57 Å². The highest BCUT2D eigenvalue weighted by molar-refractivity contribution is 6.48. The van der Waals surface area contributed by atoms with Crippen LogP contribution in [0.1, 0.15) is 85.4 Å². The van der Waals surface area contributed by atoms with Gasteiger partial charge in [-0.15, -0.1) is 0 Å². The van der Waals surface area contributed by atoms with Crippen molar-refractivity contribution in [2.75, 3.05) is 0 Å². The van der Waals surface area contributed by atoms with Crippen LogP contribution in [0.4, 0.5) is 0 Å². The fourth-order valence-electron chi connectivity index (χ4n) is 7.39. The number of aromatic nitrogens is 1. The standard InChI is InChI=1S/C35H35NO2/c1-9-10-17(2)36-32(37)30-21-15-23(34(3,4)5)19-13-11-18-12-14-20-24(35(6,7)8)16-22(31(30)33(36)38)29-27(20)25(18)26(19)28(21)29/h11-17H,9-10H2,1-8H3. The van der Waals surface area contributed by atoms with E-state index in [0.717, 1.165) is 34.4 Å². The highest BCUT2D eigenvalue weighted by atomic mass is 16.2. The summed E-state index contributed by atoms with van der Waals surface area (Å²) in [6.45, 7) is 17.5. The number of benzene rings is 5. The predicted molar refractivity (Wildman–Crippen MR) is 164 cm³/mol. The van der Waals surface area contributed by atoms with Crippen molar-refractivity contribution in [3.05, 3.63) is 68.2 Å². The third-order valence-electron chi connectivity index (χ3n) is 9.05. The third kappa shape index (κ3) is 2.70. The lowest BCUT2D eigenvalue weighted by Gasteiger charge is -2.23. The van der Waals surface area contributed by atoms with E-state index in [0.29, 0.717) is 10.8 Å². The molecule has 0 aliphatic heterocycles. The van der Waals surface area contributed by atoms with Gasteiger partial charge in [-0.2, -0.15) is 0 Å². The molecule has 0 bridgehead atoms. The molecule has 7 rings (SSSR count). The number of rotatable bonds is 3. The van der Waals surface area contributed by atoms with Gasteiger partial charge in [0.2, 0.25) is 0 Å². The zero-order chi connectivity index (χ0) is 27.0. The number of nitrogens with zero attached hydrogens (tertiary/aromatic N) is 1. The topological polar surface area (TPSA) is 39.1 Å². The van der Waals surface area contributed by atoms with Crippen molar-refractivity contribution in [1.82, 2.24) is 4.57 Å². The van der Waals surface area contributed by atoms with Gasteiger partial charge >= 0.3 is 0 Å². The summed E-state index contributed by atoms with van der Waals surface area (Å²) < 4.78 is 1.54. The van der Waals surface area contributed by atoms with Crippen LogP contribution in [-0.2, 0) is 10.8 Å². The van der Waals surface area contributed by atoms with Crippen LogP contribution in [0.3, 0.4) is 0 Å². The summed E-state index contributed by atoms with van der Waals surface area (Å²) in [5, 5.41) is 12.9. The van der Waals surface area contributed by atoms with E-state index in [4.69, 9.17) is 0 Å². The second-order valence-electron chi connectivity index (χ2n) is 13.6. The van der Waals surface area contributed by atoms with E-state index in [1.54, 1.807) is 4.57 Å². The zero-order valence-corrected chi connectivity index (χ0v) is 23.7. The Kier molecular flexibility index (Phi) is 4.44. The summed E-state index contributed by atoms with van der Waals surface area (Å²) >= 11 is 0. The van der Waals surface area contributed by atoms with E-state index >= 15 is 0 Å². The first-order chi connectivity index (χ1) is 17.9. The highest BCUT2D eigenvalue weighted by Gasteiger charge is 2.32. The van der Waals surface area contributed by atoms with E-state index in [2.05, 4.69) is 84.9 Å². The second-order valence-corrected chi connectivity index (χ2v) is 13.6. The monoisotopic (exact) mass is 501 g/mol. The van der Waals surface area contributed by atoms with E-state index in [-0.39, 0.29) is 28.0 Å².